The Labute approximate surface area is 142 Å². The molecular weight excluding hydrogens is 298 g/mol. The van der Waals surface area contributed by atoms with Gasteiger partial charge in [-0.15, -0.1) is 0 Å². The first-order valence-electron chi connectivity index (χ1n) is 7.96. The van der Waals surface area contributed by atoms with Crippen molar-refractivity contribution in [2.24, 2.45) is 0 Å². The van der Waals surface area contributed by atoms with Crippen LogP contribution in [0.5, 0.6) is 5.75 Å². The lowest BCUT2D eigenvalue weighted by Gasteiger charge is -2.19. The van der Waals surface area contributed by atoms with Gasteiger partial charge in [0, 0.05) is 19.2 Å². The molecule has 0 aromatic heterocycles. The molecule has 24 heavy (non-hydrogen) atoms. The third-order valence-electron chi connectivity index (χ3n) is 4.25. The Hall–Kier alpha value is -2.81. The highest BCUT2D eigenvalue weighted by atomic mass is 16.5. The van der Waals surface area contributed by atoms with Crippen LogP contribution in [0.1, 0.15) is 21.5 Å². The SMILES string of the molecule is COc1ccc2cc(CN(C)C(=O)c3ccccc3C)ccc2c1. The molecule has 0 saturated heterocycles. The summed E-state index contributed by atoms with van der Waals surface area (Å²) in [6.45, 7) is 2.54. The summed E-state index contributed by atoms with van der Waals surface area (Å²) in [5.41, 5.74) is 2.86. The van der Waals surface area contributed by atoms with E-state index in [4.69, 9.17) is 4.74 Å². The van der Waals surface area contributed by atoms with Gasteiger partial charge in [-0.25, -0.2) is 0 Å². The first-order chi connectivity index (χ1) is 11.6. The molecule has 3 aromatic rings. The van der Waals surface area contributed by atoms with Crippen LogP contribution in [0.4, 0.5) is 0 Å². The Morgan fingerprint density at radius 3 is 2.46 bits per heavy atom. The minimum absolute atomic E-state index is 0.0444. The van der Waals surface area contributed by atoms with Crippen molar-refractivity contribution in [1.82, 2.24) is 4.90 Å². The molecule has 0 atom stereocenters. The standard InChI is InChI=1S/C21H21NO2/c1-15-6-4-5-7-20(15)21(23)22(2)14-16-8-9-18-13-19(24-3)11-10-17(18)12-16/h4-13H,14H2,1-3H3. The molecule has 0 spiro atoms. The quantitative estimate of drug-likeness (QED) is 0.712. The smallest absolute Gasteiger partial charge is 0.254 e. The monoisotopic (exact) mass is 319 g/mol. The van der Waals surface area contributed by atoms with Crippen molar-refractivity contribution in [2.75, 3.05) is 14.2 Å². The van der Waals surface area contributed by atoms with E-state index >= 15 is 0 Å². The van der Waals surface area contributed by atoms with E-state index in [1.54, 1.807) is 12.0 Å². The first-order valence-corrected chi connectivity index (χ1v) is 7.96. The number of aryl methyl sites for hydroxylation is 1. The zero-order chi connectivity index (χ0) is 17.1. The summed E-state index contributed by atoms with van der Waals surface area (Å²) in [6, 6.07) is 19.9. The second-order valence-corrected chi connectivity index (χ2v) is 6.02. The Kier molecular flexibility index (Phi) is 4.52. The Morgan fingerprint density at radius 2 is 1.71 bits per heavy atom. The number of carbonyl (C=O) groups is 1. The second kappa shape index (κ2) is 6.75. The number of benzene rings is 3. The summed E-state index contributed by atoms with van der Waals surface area (Å²) in [5, 5.41) is 2.27. The van der Waals surface area contributed by atoms with Gasteiger partial charge >= 0.3 is 0 Å². The molecule has 0 fully saturated rings. The molecule has 0 N–H and O–H groups in total. The van der Waals surface area contributed by atoms with Gasteiger partial charge in [0.25, 0.3) is 5.91 Å². The average molecular weight is 319 g/mol. The van der Waals surface area contributed by atoms with Crippen LogP contribution in [0.2, 0.25) is 0 Å². The van der Waals surface area contributed by atoms with Crippen molar-refractivity contribution in [1.29, 1.82) is 0 Å². The minimum Gasteiger partial charge on any atom is -0.497 e. The van der Waals surface area contributed by atoms with E-state index in [0.717, 1.165) is 33.2 Å². The summed E-state index contributed by atoms with van der Waals surface area (Å²) in [6.07, 6.45) is 0. The normalized spacial score (nSPS) is 10.6. The van der Waals surface area contributed by atoms with Crippen LogP contribution in [0, 0.1) is 6.92 Å². The molecule has 0 bridgehead atoms. The molecule has 1 amide bonds. The molecule has 3 nitrogen and oxygen atoms in total. The second-order valence-electron chi connectivity index (χ2n) is 6.02. The molecule has 0 radical (unpaired) electrons. The fraction of sp³-hybridized carbons (Fsp3) is 0.190. The lowest BCUT2D eigenvalue weighted by atomic mass is 10.1. The third kappa shape index (κ3) is 3.25. The minimum atomic E-state index is 0.0444. The van der Waals surface area contributed by atoms with Crippen molar-refractivity contribution in [3.8, 4) is 5.75 Å². The van der Waals surface area contributed by atoms with Gasteiger partial charge in [-0.2, -0.15) is 0 Å². The van der Waals surface area contributed by atoms with Crippen molar-refractivity contribution < 1.29 is 9.53 Å². The molecule has 0 saturated carbocycles. The van der Waals surface area contributed by atoms with Crippen LogP contribution in [-0.4, -0.2) is 25.0 Å². The van der Waals surface area contributed by atoms with E-state index in [9.17, 15) is 4.79 Å². The van der Waals surface area contributed by atoms with Gasteiger partial charge in [-0.3, -0.25) is 4.79 Å². The lowest BCUT2D eigenvalue weighted by Crippen LogP contribution is -2.26. The zero-order valence-electron chi connectivity index (χ0n) is 14.2. The van der Waals surface area contributed by atoms with E-state index in [1.807, 2.05) is 56.4 Å². The van der Waals surface area contributed by atoms with Gasteiger partial charge in [0.05, 0.1) is 7.11 Å². The molecule has 122 valence electrons. The summed E-state index contributed by atoms with van der Waals surface area (Å²) >= 11 is 0. The molecule has 0 heterocycles. The fourth-order valence-corrected chi connectivity index (χ4v) is 2.86. The maximum absolute atomic E-state index is 12.6. The molecule has 0 aliphatic carbocycles. The van der Waals surface area contributed by atoms with Crippen molar-refractivity contribution in [3.05, 3.63) is 77.4 Å². The van der Waals surface area contributed by atoms with Crippen LogP contribution in [0.15, 0.2) is 60.7 Å². The van der Waals surface area contributed by atoms with Crippen LogP contribution < -0.4 is 4.74 Å². The summed E-state index contributed by atoms with van der Waals surface area (Å²) in [4.78, 5) is 14.4. The highest BCUT2D eigenvalue weighted by Gasteiger charge is 2.14. The predicted molar refractivity (Wildman–Crippen MR) is 97.5 cm³/mol. The van der Waals surface area contributed by atoms with E-state index in [0.29, 0.717) is 6.54 Å². The van der Waals surface area contributed by atoms with Crippen molar-refractivity contribution in [2.45, 2.75) is 13.5 Å². The molecule has 0 unspecified atom stereocenters. The maximum atomic E-state index is 12.6. The summed E-state index contributed by atoms with van der Waals surface area (Å²) in [5.74, 6) is 0.894. The molecule has 3 heteroatoms. The Bertz CT molecular complexity index is 886. The fourth-order valence-electron chi connectivity index (χ4n) is 2.86. The number of hydrogen-bond donors (Lipinski definition) is 0. The molecular formula is C21H21NO2. The van der Waals surface area contributed by atoms with E-state index < -0.39 is 0 Å². The zero-order valence-corrected chi connectivity index (χ0v) is 14.2. The van der Waals surface area contributed by atoms with E-state index in [2.05, 4.69) is 18.2 Å². The van der Waals surface area contributed by atoms with Gasteiger partial charge in [-0.1, -0.05) is 36.4 Å². The molecule has 3 rings (SSSR count). The van der Waals surface area contributed by atoms with E-state index in [1.165, 1.54) is 0 Å². The van der Waals surface area contributed by atoms with Gasteiger partial charge in [0.1, 0.15) is 5.75 Å². The van der Waals surface area contributed by atoms with Crippen LogP contribution >= 0.6 is 0 Å². The van der Waals surface area contributed by atoms with Gasteiger partial charge in [0.2, 0.25) is 0 Å². The number of nitrogens with zero attached hydrogens (tertiary/aromatic N) is 1. The predicted octanol–water partition coefficient (Wildman–Crippen LogP) is 4.43. The molecule has 0 aliphatic rings. The number of ether oxygens (including phenoxy) is 1. The number of hydrogen-bond acceptors (Lipinski definition) is 2. The van der Waals surface area contributed by atoms with Crippen LogP contribution in [0.25, 0.3) is 10.8 Å². The van der Waals surface area contributed by atoms with Crippen LogP contribution in [0.3, 0.4) is 0 Å². The summed E-state index contributed by atoms with van der Waals surface area (Å²) < 4.78 is 5.26. The Balaban J connectivity index is 1.81. The van der Waals surface area contributed by atoms with Crippen molar-refractivity contribution in [3.63, 3.8) is 0 Å². The van der Waals surface area contributed by atoms with E-state index in [-0.39, 0.29) is 5.91 Å². The topological polar surface area (TPSA) is 29.5 Å². The van der Waals surface area contributed by atoms with Gasteiger partial charge in [-0.05, 0) is 53.1 Å². The average Bonchev–Trinajstić information content (AvgIpc) is 2.61. The molecule has 3 aromatic carbocycles. The lowest BCUT2D eigenvalue weighted by molar-refractivity contribution is 0.0784. The first kappa shape index (κ1) is 16.1. The van der Waals surface area contributed by atoms with Crippen molar-refractivity contribution >= 4 is 16.7 Å². The van der Waals surface area contributed by atoms with Crippen LogP contribution in [-0.2, 0) is 6.54 Å². The number of rotatable bonds is 4. The largest absolute Gasteiger partial charge is 0.497 e. The third-order valence-corrected chi connectivity index (χ3v) is 4.25. The van der Waals surface area contributed by atoms with Gasteiger partial charge in [0.15, 0.2) is 0 Å². The maximum Gasteiger partial charge on any atom is 0.254 e. The Morgan fingerprint density at radius 1 is 1.00 bits per heavy atom. The number of fused-ring (bicyclic) bond motifs is 1. The highest BCUT2D eigenvalue weighted by molar-refractivity contribution is 5.95. The number of carbonyl (C=O) groups excluding carboxylic acids is 1. The number of methoxy groups -OCH3 is 1. The summed E-state index contributed by atoms with van der Waals surface area (Å²) in [7, 11) is 3.51. The number of amides is 1. The highest BCUT2D eigenvalue weighted by Crippen LogP contribution is 2.22. The molecule has 0 aliphatic heterocycles. The van der Waals surface area contributed by atoms with Gasteiger partial charge < -0.3 is 9.64 Å².